The number of rotatable bonds is 7. The van der Waals surface area contributed by atoms with E-state index in [4.69, 9.17) is 16.3 Å². The second-order valence-electron chi connectivity index (χ2n) is 7.43. The number of anilines is 1. The Morgan fingerprint density at radius 3 is 2.66 bits per heavy atom. The highest BCUT2D eigenvalue weighted by Gasteiger charge is 2.43. The van der Waals surface area contributed by atoms with E-state index in [2.05, 4.69) is 31.4 Å². The first-order chi connectivity index (χ1) is 15.1. The molecule has 32 heavy (non-hydrogen) atoms. The van der Waals surface area contributed by atoms with E-state index in [0.717, 1.165) is 9.15 Å². The number of carbonyl (C=O) groups is 1. The van der Waals surface area contributed by atoms with E-state index in [1.807, 2.05) is 12.1 Å². The van der Waals surface area contributed by atoms with Crippen molar-refractivity contribution in [2.75, 3.05) is 5.32 Å². The van der Waals surface area contributed by atoms with Crippen LogP contribution in [-0.2, 0) is 17.7 Å². The number of alkyl halides is 3. The summed E-state index contributed by atoms with van der Waals surface area (Å²) in [5.41, 5.74) is -0.539. The summed E-state index contributed by atoms with van der Waals surface area (Å²) >= 11 is 9.33. The minimum absolute atomic E-state index is 0.114. The molecule has 2 heterocycles. The molecule has 12 heteroatoms. The number of nitrogens with zero attached hydrogens (tertiary/aromatic N) is 4. The number of benzene rings is 1. The Bertz CT molecular complexity index is 1130. The third-order valence-corrected chi connectivity index (χ3v) is 5.85. The van der Waals surface area contributed by atoms with Crippen molar-refractivity contribution >= 4 is 39.1 Å². The lowest BCUT2D eigenvalue weighted by molar-refractivity contribution is -0.141. The molecule has 1 amide bonds. The fraction of sp³-hybridized carbons (Fsp3) is 0.350. The molecule has 1 N–H and O–H groups in total. The zero-order chi connectivity index (χ0) is 23.0. The second-order valence-corrected chi connectivity index (χ2v) is 8.72. The summed E-state index contributed by atoms with van der Waals surface area (Å²) in [6.07, 6.45) is -0.292. The van der Waals surface area contributed by atoms with Crippen LogP contribution in [0.5, 0.6) is 5.75 Å². The van der Waals surface area contributed by atoms with Crippen LogP contribution < -0.4 is 10.1 Å². The average Bonchev–Trinajstić information content (AvgIpc) is 3.36. The Morgan fingerprint density at radius 2 is 2.03 bits per heavy atom. The molecular weight excluding hydrogens is 515 g/mol. The highest BCUT2D eigenvalue weighted by atomic mass is 79.9. The third-order valence-electron chi connectivity index (χ3n) is 4.94. The van der Waals surface area contributed by atoms with Crippen LogP contribution in [0.3, 0.4) is 0 Å². The number of nitrogens with one attached hydrogen (secondary N) is 1. The van der Waals surface area contributed by atoms with Gasteiger partial charge in [-0.15, -0.1) is 0 Å². The molecule has 170 valence electrons. The average molecular weight is 533 g/mol. The quantitative estimate of drug-likeness (QED) is 0.428. The standard InChI is InChI=1S/C20H18BrClF3N5O2/c1-11(30-17(12-2-3-12)16(22)18(28-30)20(23,24)25)19(31)27-14-8-26-29(9-14)10-32-15-6-4-13(21)5-7-15/h4-9,11-12H,2-3,10H2,1H3,(H,27,31). The molecule has 0 saturated heterocycles. The van der Waals surface area contributed by atoms with Gasteiger partial charge in [-0.1, -0.05) is 27.5 Å². The molecule has 0 bridgehead atoms. The molecule has 1 aliphatic carbocycles. The zero-order valence-corrected chi connectivity index (χ0v) is 19.1. The van der Waals surface area contributed by atoms with E-state index < -0.39 is 28.8 Å². The van der Waals surface area contributed by atoms with Crippen molar-refractivity contribution in [2.45, 2.75) is 44.6 Å². The van der Waals surface area contributed by atoms with Gasteiger partial charge in [-0.3, -0.25) is 9.48 Å². The van der Waals surface area contributed by atoms with Gasteiger partial charge in [0.25, 0.3) is 0 Å². The zero-order valence-electron chi connectivity index (χ0n) is 16.7. The van der Waals surface area contributed by atoms with Gasteiger partial charge in [0.2, 0.25) is 5.91 Å². The lowest BCUT2D eigenvalue weighted by atomic mass is 10.2. The SMILES string of the molecule is CC(C(=O)Nc1cnn(COc2ccc(Br)cc2)c1)n1nc(C(F)(F)F)c(Cl)c1C1CC1. The molecule has 0 aliphatic heterocycles. The normalized spacial score (nSPS) is 14.9. The number of aromatic nitrogens is 4. The molecule has 0 spiro atoms. The van der Waals surface area contributed by atoms with Crippen molar-refractivity contribution in [3.8, 4) is 5.75 Å². The largest absolute Gasteiger partial charge is 0.471 e. The van der Waals surface area contributed by atoms with Crippen molar-refractivity contribution in [3.05, 3.63) is 57.5 Å². The third kappa shape index (κ3) is 4.93. The minimum atomic E-state index is -4.70. The maximum absolute atomic E-state index is 13.3. The van der Waals surface area contributed by atoms with Crippen LogP contribution in [0.1, 0.15) is 43.1 Å². The Hall–Kier alpha value is -2.53. The number of amides is 1. The van der Waals surface area contributed by atoms with Crippen molar-refractivity contribution < 1.29 is 22.7 Å². The molecule has 0 radical (unpaired) electrons. The summed E-state index contributed by atoms with van der Waals surface area (Å²) in [4.78, 5) is 12.7. The molecule has 1 fully saturated rings. The lowest BCUT2D eigenvalue weighted by Gasteiger charge is -2.15. The predicted molar refractivity (Wildman–Crippen MR) is 115 cm³/mol. The summed E-state index contributed by atoms with van der Waals surface area (Å²) in [6.45, 7) is 1.59. The van der Waals surface area contributed by atoms with Gasteiger partial charge in [-0.05, 0) is 44.0 Å². The van der Waals surface area contributed by atoms with E-state index in [9.17, 15) is 18.0 Å². The van der Waals surface area contributed by atoms with Crippen LogP contribution in [0.25, 0.3) is 0 Å². The first-order valence-corrected chi connectivity index (χ1v) is 10.9. The monoisotopic (exact) mass is 531 g/mol. The smallest absolute Gasteiger partial charge is 0.436 e. The molecule has 1 saturated carbocycles. The molecule has 3 aromatic rings. The molecule has 1 aromatic carbocycles. The van der Waals surface area contributed by atoms with Crippen molar-refractivity contribution in [3.63, 3.8) is 0 Å². The Balaban J connectivity index is 1.44. The maximum Gasteiger partial charge on any atom is 0.436 e. The van der Waals surface area contributed by atoms with Gasteiger partial charge in [-0.2, -0.15) is 23.4 Å². The number of hydrogen-bond donors (Lipinski definition) is 1. The van der Waals surface area contributed by atoms with Gasteiger partial charge >= 0.3 is 6.18 Å². The van der Waals surface area contributed by atoms with Crippen LogP contribution in [0, 0.1) is 0 Å². The first-order valence-electron chi connectivity index (χ1n) is 9.70. The number of hydrogen-bond acceptors (Lipinski definition) is 4. The number of ether oxygens (including phenoxy) is 1. The van der Waals surface area contributed by atoms with Crippen LogP contribution in [-0.4, -0.2) is 25.5 Å². The van der Waals surface area contributed by atoms with Crippen molar-refractivity contribution in [1.82, 2.24) is 19.6 Å². The molecular formula is C20H18BrClF3N5O2. The van der Waals surface area contributed by atoms with E-state index in [1.54, 1.807) is 18.3 Å². The van der Waals surface area contributed by atoms with Crippen LogP contribution in [0.2, 0.25) is 5.02 Å². The number of carbonyl (C=O) groups excluding carboxylic acids is 1. The summed E-state index contributed by atoms with van der Waals surface area (Å²) in [5.74, 6) is -0.0143. The minimum Gasteiger partial charge on any atom is -0.471 e. The van der Waals surface area contributed by atoms with Crippen LogP contribution >= 0.6 is 27.5 Å². The van der Waals surface area contributed by atoms with Gasteiger partial charge in [0, 0.05) is 10.4 Å². The van der Waals surface area contributed by atoms with E-state index in [1.165, 1.54) is 17.8 Å². The first kappa shape index (κ1) is 22.7. The molecule has 1 aliphatic rings. The fourth-order valence-corrected chi connectivity index (χ4v) is 3.80. The highest BCUT2D eigenvalue weighted by molar-refractivity contribution is 9.10. The van der Waals surface area contributed by atoms with Gasteiger partial charge < -0.3 is 10.1 Å². The van der Waals surface area contributed by atoms with Crippen LogP contribution in [0.15, 0.2) is 41.1 Å². The predicted octanol–water partition coefficient (Wildman–Crippen LogP) is 5.63. The molecule has 1 unspecified atom stereocenters. The van der Waals surface area contributed by atoms with E-state index in [0.29, 0.717) is 24.3 Å². The lowest BCUT2D eigenvalue weighted by Crippen LogP contribution is -2.26. The second kappa shape index (κ2) is 8.78. The molecule has 4 rings (SSSR count). The molecule has 2 aromatic heterocycles. The van der Waals surface area contributed by atoms with Gasteiger partial charge in [-0.25, -0.2) is 4.68 Å². The fourth-order valence-electron chi connectivity index (χ4n) is 3.15. The van der Waals surface area contributed by atoms with Crippen molar-refractivity contribution in [2.24, 2.45) is 0 Å². The van der Waals surface area contributed by atoms with Gasteiger partial charge in [0.1, 0.15) is 11.8 Å². The Morgan fingerprint density at radius 1 is 1.34 bits per heavy atom. The summed E-state index contributed by atoms with van der Waals surface area (Å²) < 4.78 is 48.9. The summed E-state index contributed by atoms with van der Waals surface area (Å²) in [7, 11) is 0. The Kier molecular flexibility index (Phi) is 6.22. The van der Waals surface area contributed by atoms with Crippen molar-refractivity contribution in [1.29, 1.82) is 0 Å². The summed E-state index contributed by atoms with van der Waals surface area (Å²) in [6, 6.07) is 6.27. The van der Waals surface area contributed by atoms with Gasteiger partial charge in [0.15, 0.2) is 12.4 Å². The highest BCUT2D eigenvalue weighted by Crippen LogP contribution is 2.47. The maximum atomic E-state index is 13.3. The topological polar surface area (TPSA) is 74.0 Å². The summed E-state index contributed by atoms with van der Waals surface area (Å²) in [5, 5.41) is 9.97. The molecule has 1 atom stereocenters. The molecule has 7 nitrogen and oxygen atoms in total. The van der Waals surface area contributed by atoms with Gasteiger partial charge in [0.05, 0.1) is 28.8 Å². The van der Waals surface area contributed by atoms with Crippen LogP contribution in [0.4, 0.5) is 18.9 Å². The van der Waals surface area contributed by atoms with E-state index in [-0.39, 0.29) is 18.3 Å². The Labute approximate surface area is 194 Å². The number of halogens is 5. The van der Waals surface area contributed by atoms with E-state index >= 15 is 0 Å².